The fourth-order valence-electron chi connectivity index (χ4n) is 10.1. The fraction of sp³-hybridized carbons (Fsp3) is 0.771. The first-order chi connectivity index (χ1) is 23.7. The van der Waals surface area contributed by atoms with Crippen LogP contribution in [0.25, 0.3) is 0 Å². The number of carboxylic acids is 1. The maximum Gasteiger partial charge on any atom is 0.335 e. The van der Waals surface area contributed by atoms with Gasteiger partial charge in [0.25, 0.3) is 0 Å². The van der Waals surface area contributed by atoms with Gasteiger partial charge in [-0.25, -0.2) is 4.79 Å². The van der Waals surface area contributed by atoms with E-state index in [9.17, 15) is 49.8 Å². The molecule has 2 aliphatic heterocycles. The number of methoxy groups -OCH3 is 1. The lowest BCUT2D eigenvalue weighted by Crippen LogP contribution is -2.72. The molecule has 14 atom stereocenters. The Morgan fingerprint density at radius 2 is 1.76 bits per heavy atom. The molecule has 1 aromatic heterocycles. The highest BCUT2D eigenvalue weighted by Crippen LogP contribution is 2.77. The van der Waals surface area contributed by atoms with Crippen molar-refractivity contribution in [2.24, 2.45) is 28.1 Å². The fourth-order valence-corrected chi connectivity index (χ4v) is 10.1. The van der Waals surface area contributed by atoms with Gasteiger partial charge in [-0.3, -0.25) is 14.4 Å². The number of esters is 2. The standard InChI is InChI=1S/C35H50O16/c1-16(37)48-22(13-23(39)46-7)33(5)19-8-10-32(4,35(28(51-35)29(43)44)34(19,6)21(38)12-20(33)31(2,3)45)27(17-9-11-47-15-17)50-30-26(42)25(41)24(40)18(14-36)49-30/h9,11,15,18-20,22,24-28,30,36,40-42,45H,8,10,12-14H2,1-7H3,(H,43,44)/t18-,19?,20+,22+,24-,25+,26-,27+,28+,30+,32+,33-,34+,35-/m1/s1. The van der Waals surface area contributed by atoms with Crippen molar-refractivity contribution in [3.8, 4) is 0 Å². The van der Waals surface area contributed by atoms with Crippen LogP contribution in [0.15, 0.2) is 23.0 Å². The Balaban J connectivity index is 1.70. The van der Waals surface area contributed by atoms with Gasteiger partial charge in [-0.1, -0.05) is 13.8 Å². The molecule has 16 heteroatoms. The second-order valence-corrected chi connectivity index (χ2v) is 15.6. The molecular formula is C35H50O16. The second kappa shape index (κ2) is 13.5. The van der Waals surface area contributed by atoms with Gasteiger partial charge in [0.1, 0.15) is 41.9 Å². The van der Waals surface area contributed by atoms with Crippen molar-refractivity contribution in [3.05, 3.63) is 24.2 Å². The molecule has 1 unspecified atom stereocenters. The van der Waals surface area contributed by atoms with Crippen molar-refractivity contribution < 1.29 is 77.9 Å². The van der Waals surface area contributed by atoms with Crippen LogP contribution in [0, 0.1) is 28.1 Å². The molecule has 4 fully saturated rings. The maximum atomic E-state index is 14.8. The van der Waals surface area contributed by atoms with E-state index in [2.05, 4.69) is 0 Å². The van der Waals surface area contributed by atoms with Gasteiger partial charge in [0.05, 0.1) is 49.8 Å². The van der Waals surface area contributed by atoms with Crippen LogP contribution in [0.2, 0.25) is 0 Å². The highest BCUT2D eigenvalue weighted by Gasteiger charge is 2.86. The quantitative estimate of drug-likeness (QED) is 0.135. The predicted octanol–water partition coefficient (Wildman–Crippen LogP) is 0.643. The van der Waals surface area contributed by atoms with E-state index in [1.54, 1.807) is 26.8 Å². The molecule has 286 valence electrons. The van der Waals surface area contributed by atoms with Crippen LogP contribution < -0.4 is 0 Å². The summed E-state index contributed by atoms with van der Waals surface area (Å²) in [4.78, 5) is 53.2. The number of carbonyl (C=O) groups is 4. The van der Waals surface area contributed by atoms with Gasteiger partial charge in [0.2, 0.25) is 0 Å². The lowest BCUT2D eigenvalue weighted by Gasteiger charge is -2.66. The molecular weight excluding hydrogens is 676 g/mol. The third-order valence-electron chi connectivity index (χ3n) is 12.6. The number of hydrogen-bond donors (Lipinski definition) is 6. The first-order valence-electron chi connectivity index (χ1n) is 17.0. The number of carbonyl (C=O) groups excluding carboxylic acids is 3. The summed E-state index contributed by atoms with van der Waals surface area (Å²) in [7, 11) is 1.18. The molecule has 2 saturated carbocycles. The summed E-state index contributed by atoms with van der Waals surface area (Å²) in [5.74, 6) is -4.95. The number of aliphatic hydroxyl groups excluding tert-OH is 4. The van der Waals surface area contributed by atoms with Crippen molar-refractivity contribution in [1.82, 2.24) is 0 Å². The topological polar surface area (TPSA) is 252 Å². The third-order valence-corrected chi connectivity index (χ3v) is 12.6. The molecule has 0 bridgehead atoms. The van der Waals surface area contributed by atoms with E-state index in [1.165, 1.54) is 40.4 Å². The van der Waals surface area contributed by atoms with Gasteiger partial charge < -0.3 is 58.7 Å². The van der Waals surface area contributed by atoms with Gasteiger partial charge in [-0.15, -0.1) is 0 Å². The zero-order valence-electron chi connectivity index (χ0n) is 29.8. The highest BCUT2D eigenvalue weighted by molar-refractivity contribution is 5.92. The van der Waals surface area contributed by atoms with E-state index in [0.717, 1.165) is 0 Å². The molecule has 2 aliphatic carbocycles. The van der Waals surface area contributed by atoms with E-state index < -0.39 is 125 Å². The third kappa shape index (κ3) is 5.91. The van der Waals surface area contributed by atoms with E-state index in [0.29, 0.717) is 5.56 Å². The molecule has 2 saturated heterocycles. The number of hydrogen-bond acceptors (Lipinski definition) is 15. The van der Waals surface area contributed by atoms with Crippen molar-refractivity contribution in [1.29, 1.82) is 0 Å². The number of ketones is 1. The van der Waals surface area contributed by atoms with Crippen molar-refractivity contribution in [2.45, 2.75) is 127 Å². The Labute approximate surface area is 294 Å². The van der Waals surface area contributed by atoms with Crippen LogP contribution in [0.5, 0.6) is 0 Å². The van der Waals surface area contributed by atoms with E-state index in [4.69, 9.17) is 28.1 Å². The van der Waals surface area contributed by atoms with Crippen LogP contribution in [-0.2, 0) is 42.9 Å². The number of ether oxygens (including phenoxy) is 5. The van der Waals surface area contributed by atoms with Gasteiger partial charge in [0, 0.05) is 35.7 Å². The van der Waals surface area contributed by atoms with Crippen LogP contribution in [0.3, 0.4) is 0 Å². The summed E-state index contributed by atoms with van der Waals surface area (Å²) < 4.78 is 34.6. The molecule has 5 rings (SSSR count). The predicted molar refractivity (Wildman–Crippen MR) is 170 cm³/mol. The molecule has 0 aromatic carbocycles. The minimum Gasteiger partial charge on any atom is -0.479 e. The number of aliphatic carboxylic acids is 1. The number of rotatable bonds is 11. The van der Waals surface area contributed by atoms with Crippen molar-refractivity contribution >= 4 is 23.7 Å². The van der Waals surface area contributed by atoms with Gasteiger partial charge in [-0.05, 0) is 45.6 Å². The summed E-state index contributed by atoms with van der Waals surface area (Å²) in [5.41, 5.74) is -7.51. The summed E-state index contributed by atoms with van der Waals surface area (Å²) >= 11 is 0. The number of epoxide rings is 1. The Hall–Kier alpha value is -2.96. The van der Waals surface area contributed by atoms with Crippen LogP contribution in [-0.4, -0.2) is 122 Å². The largest absolute Gasteiger partial charge is 0.479 e. The van der Waals surface area contributed by atoms with Crippen molar-refractivity contribution in [2.75, 3.05) is 13.7 Å². The normalized spacial score (nSPS) is 42.1. The number of furan rings is 1. The summed E-state index contributed by atoms with van der Waals surface area (Å²) in [5, 5.41) is 63.9. The molecule has 4 aliphatic rings. The Bertz CT molecular complexity index is 1490. The van der Waals surface area contributed by atoms with Crippen LogP contribution in [0.1, 0.15) is 78.9 Å². The molecule has 1 spiro atoms. The van der Waals surface area contributed by atoms with Gasteiger partial charge in [0.15, 0.2) is 12.4 Å². The smallest absolute Gasteiger partial charge is 0.335 e. The van der Waals surface area contributed by atoms with Gasteiger partial charge >= 0.3 is 17.9 Å². The van der Waals surface area contributed by atoms with Crippen LogP contribution >= 0.6 is 0 Å². The Morgan fingerprint density at radius 3 is 2.27 bits per heavy atom. The molecule has 0 radical (unpaired) electrons. The van der Waals surface area contributed by atoms with Crippen LogP contribution in [0.4, 0.5) is 0 Å². The van der Waals surface area contributed by atoms with Gasteiger partial charge in [-0.2, -0.15) is 0 Å². The number of carboxylic acid groups (broad SMARTS) is 1. The maximum absolute atomic E-state index is 14.8. The molecule has 16 nitrogen and oxygen atoms in total. The molecule has 3 heterocycles. The first kappa shape index (κ1) is 39.3. The zero-order valence-corrected chi connectivity index (χ0v) is 29.8. The molecule has 51 heavy (non-hydrogen) atoms. The monoisotopic (exact) mass is 726 g/mol. The van der Waals surface area contributed by atoms with Crippen molar-refractivity contribution in [3.63, 3.8) is 0 Å². The average Bonchev–Trinajstić information content (AvgIpc) is 3.62. The number of fused-ring (bicyclic) bond motifs is 2. The minimum absolute atomic E-state index is 0.0801. The summed E-state index contributed by atoms with van der Waals surface area (Å²) in [6, 6.07) is 1.55. The Kier molecular flexibility index (Phi) is 10.4. The number of Topliss-reactive ketones (excluding diaryl/α,β-unsaturated/α-hetero) is 1. The van der Waals surface area contributed by atoms with E-state index in [-0.39, 0.29) is 19.3 Å². The lowest BCUT2D eigenvalue weighted by molar-refractivity contribution is -0.329. The summed E-state index contributed by atoms with van der Waals surface area (Å²) in [6.07, 6.45) is -10.1. The lowest BCUT2D eigenvalue weighted by atomic mass is 9.37. The average molecular weight is 727 g/mol. The second-order valence-electron chi connectivity index (χ2n) is 15.6. The molecule has 0 amide bonds. The van der Waals surface area contributed by atoms with E-state index >= 15 is 0 Å². The number of aliphatic hydroxyl groups is 5. The summed E-state index contributed by atoms with van der Waals surface area (Å²) in [6.45, 7) is 8.51. The zero-order chi connectivity index (χ0) is 38.1. The molecule has 1 aromatic rings. The highest BCUT2D eigenvalue weighted by atomic mass is 16.7. The van der Waals surface area contributed by atoms with E-state index in [1.807, 2.05) is 0 Å². The molecule has 6 N–H and O–H groups in total. The Morgan fingerprint density at radius 1 is 1.10 bits per heavy atom. The minimum atomic E-state index is -1.85. The first-order valence-corrected chi connectivity index (χ1v) is 17.0. The SMILES string of the molecule is COC(=O)C[C@H](OC(C)=O)[C@]1(C)C2CC[C@@](C)([C@@H](O[C@@H]3O[C@H](CO)[C@@H](O)[C@H](O)[C@H]3O)c3ccoc3)[C@@]3(O[C@H]3C(=O)O)[C@]2(C)C(=O)C[C@H]1C(C)(C)O.